The van der Waals surface area contributed by atoms with Crippen LogP contribution < -0.4 is 4.74 Å². The van der Waals surface area contributed by atoms with Crippen LogP contribution in [0.2, 0.25) is 5.02 Å². The van der Waals surface area contributed by atoms with Crippen molar-refractivity contribution in [1.82, 2.24) is 0 Å². The number of rotatable bonds is 4. The summed E-state index contributed by atoms with van der Waals surface area (Å²) in [5, 5.41) is 19.5. The second-order valence-corrected chi connectivity index (χ2v) is 4.30. The number of nitro benzene ring substituents is 1. The van der Waals surface area contributed by atoms with E-state index in [2.05, 4.69) is 0 Å². The molecule has 2 aromatic rings. The fraction of sp³-hybridized carbons (Fsp3) is 0. The standard InChI is InChI=1S/C13H7ClFNO5/c14-9-2-1-3-11(12(9)15)21-7-4-5-8(13(17)18)10(6-7)16(19)20/h1-6H,(H,17,18). The molecule has 0 radical (unpaired) electrons. The van der Waals surface area contributed by atoms with Crippen LogP contribution in [-0.4, -0.2) is 16.0 Å². The Hall–Kier alpha value is -2.67. The molecule has 0 atom stereocenters. The number of hydrogen-bond acceptors (Lipinski definition) is 4. The van der Waals surface area contributed by atoms with Crippen molar-refractivity contribution in [2.75, 3.05) is 0 Å². The lowest BCUT2D eigenvalue weighted by atomic mass is 10.1. The molecule has 0 amide bonds. The van der Waals surface area contributed by atoms with Crippen LogP contribution in [0.3, 0.4) is 0 Å². The van der Waals surface area contributed by atoms with Gasteiger partial charge in [-0.25, -0.2) is 9.18 Å². The predicted molar refractivity (Wildman–Crippen MR) is 71.5 cm³/mol. The highest BCUT2D eigenvalue weighted by Crippen LogP contribution is 2.31. The van der Waals surface area contributed by atoms with Gasteiger partial charge in [-0.3, -0.25) is 10.1 Å². The molecule has 0 aliphatic carbocycles. The Balaban J connectivity index is 2.42. The third-order valence-corrected chi connectivity index (χ3v) is 2.83. The molecule has 0 spiro atoms. The molecule has 0 unspecified atom stereocenters. The number of carboxylic acids is 1. The predicted octanol–water partition coefficient (Wildman–Crippen LogP) is 3.88. The van der Waals surface area contributed by atoms with Gasteiger partial charge < -0.3 is 9.84 Å². The van der Waals surface area contributed by atoms with Gasteiger partial charge >= 0.3 is 5.97 Å². The molecular weight excluding hydrogens is 305 g/mol. The Morgan fingerprint density at radius 2 is 2.05 bits per heavy atom. The van der Waals surface area contributed by atoms with Crippen molar-refractivity contribution in [2.24, 2.45) is 0 Å². The average molecular weight is 312 g/mol. The van der Waals surface area contributed by atoms with Crippen LogP contribution in [0.25, 0.3) is 0 Å². The quantitative estimate of drug-likeness (QED) is 0.683. The first-order valence-electron chi connectivity index (χ1n) is 5.53. The maximum atomic E-state index is 13.7. The van der Waals surface area contributed by atoms with E-state index in [0.717, 1.165) is 12.1 Å². The summed E-state index contributed by atoms with van der Waals surface area (Å²) in [6, 6.07) is 7.16. The molecule has 6 nitrogen and oxygen atoms in total. The van der Waals surface area contributed by atoms with E-state index in [1.54, 1.807) is 0 Å². The first-order chi connectivity index (χ1) is 9.90. The van der Waals surface area contributed by atoms with Crippen LogP contribution in [-0.2, 0) is 0 Å². The summed E-state index contributed by atoms with van der Waals surface area (Å²) in [5.74, 6) is -2.56. The summed E-state index contributed by atoms with van der Waals surface area (Å²) >= 11 is 5.59. The minimum atomic E-state index is -1.44. The van der Waals surface area contributed by atoms with E-state index in [1.165, 1.54) is 24.3 Å². The van der Waals surface area contributed by atoms with Crippen molar-refractivity contribution in [1.29, 1.82) is 0 Å². The molecule has 21 heavy (non-hydrogen) atoms. The van der Waals surface area contributed by atoms with E-state index >= 15 is 0 Å². The molecule has 1 N–H and O–H groups in total. The molecule has 8 heteroatoms. The summed E-state index contributed by atoms with van der Waals surface area (Å²) in [6.07, 6.45) is 0. The highest BCUT2D eigenvalue weighted by Gasteiger charge is 2.21. The lowest BCUT2D eigenvalue weighted by Crippen LogP contribution is -2.02. The van der Waals surface area contributed by atoms with Crippen LogP contribution >= 0.6 is 11.6 Å². The summed E-state index contributed by atoms with van der Waals surface area (Å²) in [4.78, 5) is 20.9. The Kier molecular flexibility index (Phi) is 4.04. The number of nitrogens with zero attached hydrogens (tertiary/aromatic N) is 1. The lowest BCUT2D eigenvalue weighted by Gasteiger charge is -2.08. The second kappa shape index (κ2) is 5.76. The maximum Gasteiger partial charge on any atom is 0.342 e. The van der Waals surface area contributed by atoms with Crippen molar-refractivity contribution in [3.8, 4) is 11.5 Å². The van der Waals surface area contributed by atoms with Gasteiger partial charge in [-0.05, 0) is 24.3 Å². The largest absolute Gasteiger partial charge is 0.477 e. The number of nitro groups is 1. The molecule has 2 rings (SSSR count). The molecule has 2 aromatic carbocycles. The topological polar surface area (TPSA) is 89.7 Å². The molecule has 0 bridgehead atoms. The maximum absolute atomic E-state index is 13.7. The summed E-state index contributed by atoms with van der Waals surface area (Å²) < 4.78 is 18.8. The van der Waals surface area contributed by atoms with E-state index < -0.39 is 28.0 Å². The van der Waals surface area contributed by atoms with Crippen molar-refractivity contribution >= 4 is 23.3 Å². The van der Waals surface area contributed by atoms with Crippen molar-refractivity contribution < 1.29 is 24.0 Å². The van der Waals surface area contributed by atoms with Gasteiger partial charge in [0.15, 0.2) is 11.6 Å². The van der Waals surface area contributed by atoms with Gasteiger partial charge in [0, 0.05) is 0 Å². The number of aromatic carboxylic acids is 1. The molecular formula is C13H7ClFNO5. The van der Waals surface area contributed by atoms with Crippen molar-refractivity contribution in [3.63, 3.8) is 0 Å². The van der Waals surface area contributed by atoms with Gasteiger partial charge in [0.05, 0.1) is 16.0 Å². The van der Waals surface area contributed by atoms with E-state index in [0.29, 0.717) is 0 Å². The van der Waals surface area contributed by atoms with Crippen molar-refractivity contribution in [3.05, 3.63) is 62.9 Å². The highest BCUT2D eigenvalue weighted by atomic mass is 35.5. The number of carboxylic acid groups (broad SMARTS) is 1. The fourth-order valence-electron chi connectivity index (χ4n) is 1.60. The molecule has 0 saturated heterocycles. The van der Waals surface area contributed by atoms with Gasteiger partial charge in [0.25, 0.3) is 5.69 Å². The third-order valence-electron chi connectivity index (χ3n) is 2.54. The van der Waals surface area contributed by atoms with Crippen LogP contribution in [0, 0.1) is 15.9 Å². The normalized spacial score (nSPS) is 10.2. The summed E-state index contributed by atoms with van der Waals surface area (Å²) in [6.45, 7) is 0. The fourth-order valence-corrected chi connectivity index (χ4v) is 1.76. The molecule has 0 aliphatic heterocycles. The Labute approximate surface area is 122 Å². The zero-order chi connectivity index (χ0) is 15.6. The first kappa shape index (κ1) is 14.7. The van der Waals surface area contributed by atoms with Gasteiger partial charge in [-0.1, -0.05) is 17.7 Å². The minimum absolute atomic E-state index is 0.0760. The van der Waals surface area contributed by atoms with Crippen LogP contribution in [0.5, 0.6) is 11.5 Å². The SMILES string of the molecule is O=C(O)c1ccc(Oc2cccc(Cl)c2F)cc1[N+](=O)[O-]. The number of carbonyl (C=O) groups is 1. The van der Waals surface area contributed by atoms with E-state index in [4.69, 9.17) is 21.4 Å². The monoisotopic (exact) mass is 311 g/mol. The van der Waals surface area contributed by atoms with Crippen molar-refractivity contribution in [2.45, 2.75) is 0 Å². The van der Waals surface area contributed by atoms with Gasteiger partial charge in [0.2, 0.25) is 0 Å². The summed E-state index contributed by atoms with van der Waals surface area (Å²) in [5.41, 5.74) is -1.14. The molecule has 108 valence electrons. The zero-order valence-electron chi connectivity index (χ0n) is 10.2. The minimum Gasteiger partial charge on any atom is -0.477 e. The Bertz CT molecular complexity index is 734. The number of hydrogen-bond donors (Lipinski definition) is 1. The summed E-state index contributed by atoms with van der Waals surface area (Å²) in [7, 11) is 0. The van der Waals surface area contributed by atoms with Crippen LogP contribution in [0.4, 0.5) is 10.1 Å². The highest BCUT2D eigenvalue weighted by molar-refractivity contribution is 6.30. The van der Waals surface area contributed by atoms with E-state index in [9.17, 15) is 19.3 Å². The lowest BCUT2D eigenvalue weighted by molar-refractivity contribution is -0.385. The number of halogens is 2. The number of ether oxygens (including phenoxy) is 1. The van der Waals surface area contributed by atoms with Gasteiger partial charge in [-0.2, -0.15) is 0 Å². The first-order valence-corrected chi connectivity index (χ1v) is 5.91. The second-order valence-electron chi connectivity index (χ2n) is 3.90. The molecule has 0 heterocycles. The van der Waals surface area contributed by atoms with E-state index in [1.807, 2.05) is 0 Å². The molecule has 0 saturated carbocycles. The zero-order valence-corrected chi connectivity index (χ0v) is 11.0. The average Bonchev–Trinajstić information content (AvgIpc) is 2.43. The van der Waals surface area contributed by atoms with Gasteiger partial charge in [-0.15, -0.1) is 0 Å². The van der Waals surface area contributed by atoms with Crippen LogP contribution in [0.15, 0.2) is 36.4 Å². The van der Waals surface area contributed by atoms with Gasteiger partial charge in [0.1, 0.15) is 11.3 Å². The third kappa shape index (κ3) is 3.09. The smallest absolute Gasteiger partial charge is 0.342 e. The Morgan fingerprint density at radius 3 is 2.67 bits per heavy atom. The molecule has 0 aliphatic rings. The van der Waals surface area contributed by atoms with E-state index in [-0.39, 0.29) is 16.5 Å². The molecule has 0 aromatic heterocycles. The number of benzene rings is 2. The van der Waals surface area contributed by atoms with Crippen LogP contribution in [0.1, 0.15) is 10.4 Å². The molecule has 0 fully saturated rings. The Morgan fingerprint density at radius 1 is 1.33 bits per heavy atom.